The van der Waals surface area contributed by atoms with E-state index in [-0.39, 0.29) is 18.7 Å². The van der Waals surface area contributed by atoms with Crippen LogP contribution in [0.4, 0.5) is 0 Å². The zero-order valence-corrected chi connectivity index (χ0v) is 14.2. The molecule has 0 aliphatic carbocycles. The lowest BCUT2D eigenvalue weighted by molar-refractivity contribution is 0.0942. The van der Waals surface area contributed by atoms with E-state index in [0.29, 0.717) is 11.4 Å². The van der Waals surface area contributed by atoms with Crippen LogP contribution in [0.25, 0.3) is 16.9 Å². The van der Waals surface area contributed by atoms with Gasteiger partial charge in [0.05, 0.1) is 24.2 Å². The van der Waals surface area contributed by atoms with Crippen molar-refractivity contribution >= 4 is 5.91 Å². The number of aliphatic hydroxyl groups is 1. The van der Waals surface area contributed by atoms with E-state index in [1.54, 1.807) is 18.3 Å². The Morgan fingerprint density at radius 1 is 1.23 bits per heavy atom. The average molecular weight is 350 g/mol. The molecule has 0 saturated heterocycles. The molecule has 0 aliphatic rings. The minimum absolute atomic E-state index is 0.0483. The third kappa shape index (κ3) is 3.68. The summed E-state index contributed by atoms with van der Waals surface area (Å²) < 4.78 is 1.16. The zero-order valence-electron chi connectivity index (χ0n) is 14.2. The van der Waals surface area contributed by atoms with Gasteiger partial charge in [0, 0.05) is 18.3 Å². The van der Waals surface area contributed by atoms with Gasteiger partial charge in [-0.05, 0) is 25.1 Å². The summed E-state index contributed by atoms with van der Waals surface area (Å²) in [5.74, 6) is -0.558. The van der Waals surface area contributed by atoms with Gasteiger partial charge in [0.15, 0.2) is 0 Å². The van der Waals surface area contributed by atoms with Gasteiger partial charge in [-0.3, -0.25) is 14.6 Å². The smallest absolute Gasteiger partial charge is 0.284 e. The van der Waals surface area contributed by atoms with Crippen LogP contribution in [-0.4, -0.2) is 38.9 Å². The minimum Gasteiger partial charge on any atom is -0.395 e. The van der Waals surface area contributed by atoms with E-state index in [1.807, 2.05) is 31.2 Å². The number of nitrogens with one attached hydrogen (secondary N) is 1. The molecule has 132 valence electrons. The van der Waals surface area contributed by atoms with Crippen molar-refractivity contribution in [3.63, 3.8) is 0 Å². The molecule has 2 aromatic heterocycles. The molecule has 0 aliphatic heterocycles. The zero-order chi connectivity index (χ0) is 18.5. The van der Waals surface area contributed by atoms with Gasteiger partial charge < -0.3 is 10.4 Å². The highest BCUT2D eigenvalue weighted by molar-refractivity contribution is 5.94. The van der Waals surface area contributed by atoms with E-state index in [9.17, 15) is 9.59 Å². The second-order valence-corrected chi connectivity index (χ2v) is 5.72. The van der Waals surface area contributed by atoms with Gasteiger partial charge in [-0.25, -0.2) is 0 Å². The Hall–Kier alpha value is -3.32. The predicted octanol–water partition coefficient (Wildman–Crippen LogP) is 1.33. The summed E-state index contributed by atoms with van der Waals surface area (Å²) in [4.78, 5) is 29.1. The fourth-order valence-corrected chi connectivity index (χ4v) is 2.44. The van der Waals surface area contributed by atoms with Crippen molar-refractivity contribution in [2.24, 2.45) is 0 Å². The summed E-state index contributed by atoms with van der Waals surface area (Å²) in [6.07, 6.45) is 3.09. The number of carbonyl (C=O) groups excluding carboxylic acids is 1. The molecule has 0 bridgehead atoms. The van der Waals surface area contributed by atoms with Crippen LogP contribution in [0.2, 0.25) is 0 Å². The molecule has 2 N–H and O–H groups in total. The van der Waals surface area contributed by atoms with Crippen LogP contribution in [0.1, 0.15) is 15.9 Å². The monoisotopic (exact) mass is 350 g/mol. The van der Waals surface area contributed by atoms with Gasteiger partial charge in [0.2, 0.25) is 0 Å². The second kappa shape index (κ2) is 7.71. The fraction of sp³-hybridized carbons (Fsp3) is 0.158. The predicted molar refractivity (Wildman–Crippen MR) is 97.2 cm³/mol. The first-order valence-electron chi connectivity index (χ1n) is 8.11. The molecule has 7 nitrogen and oxygen atoms in total. The number of aromatic nitrogens is 3. The molecule has 0 unspecified atom stereocenters. The molecule has 7 heteroatoms. The molecule has 0 atom stereocenters. The van der Waals surface area contributed by atoms with Gasteiger partial charge in [0.25, 0.3) is 11.5 Å². The van der Waals surface area contributed by atoms with Crippen molar-refractivity contribution < 1.29 is 9.90 Å². The average Bonchev–Trinajstić information content (AvgIpc) is 2.67. The Labute approximate surface area is 150 Å². The normalized spacial score (nSPS) is 10.5. The highest BCUT2D eigenvalue weighted by Gasteiger charge is 2.17. The number of amides is 1. The van der Waals surface area contributed by atoms with Gasteiger partial charge in [-0.1, -0.05) is 29.8 Å². The lowest BCUT2D eigenvalue weighted by atomic mass is 10.1. The summed E-state index contributed by atoms with van der Waals surface area (Å²) in [7, 11) is 0. The number of carbonyl (C=O) groups is 1. The van der Waals surface area contributed by atoms with Crippen molar-refractivity contribution in [1.29, 1.82) is 0 Å². The summed E-state index contributed by atoms with van der Waals surface area (Å²) in [6, 6.07) is 12.5. The van der Waals surface area contributed by atoms with E-state index in [4.69, 9.17) is 5.11 Å². The number of benzene rings is 1. The minimum atomic E-state index is -0.558. The molecule has 3 aromatic rings. The fourth-order valence-electron chi connectivity index (χ4n) is 2.44. The molecule has 2 heterocycles. The number of aliphatic hydroxyl groups excluding tert-OH is 1. The molecule has 0 saturated carbocycles. The molecular weight excluding hydrogens is 332 g/mol. The summed E-state index contributed by atoms with van der Waals surface area (Å²) in [5, 5.41) is 15.8. The van der Waals surface area contributed by atoms with Crippen molar-refractivity contribution in [1.82, 2.24) is 20.1 Å². The van der Waals surface area contributed by atoms with Crippen molar-refractivity contribution in [3.05, 3.63) is 76.3 Å². The third-order valence-electron chi connectivity index (χ3n) is 3.79. The summed E-state index contributed by atoms with van der Waals surface area (Å²) in [6.45, 7) is 1.83. The highest BCUT2D eigenvalue weighted by atomic mass is 16.3. The number of nitrogens with zero attached hydrogens (tertiary/aromatic N) is 3. The lowest BCUT2D eigenvalue weighted by Crippen LogP contribution is -2.35. The van der Waals surface area contributed by atoms with Gasteiger partial charge in [0.1, 0.15) is 5.56 Å². The lowest BCUT2D eigenvalue weighted by Gasteiger charge is -2.11. The van der Waals surface area contributed by atoms with Crippen LogP contribution >= 0.6 is 0 Å². The SMILES string of the molecule is Cc1ccc(-c2cc(C(=O)NCCO)c(=O)n(-c3cccnc3)n2)cc1. The van der Waals surface area contributed by atoms with Crippen LogP contribution in [0.3, 0.4) is 0 Å². The van der Waals surface area contributed by atoms with Crippen LogP contribution < -0.4 is 10.9 Å². The number of rotatable bonds is 5. The third-order valence-corrected chi connectivity index (χ3v) is 3.79. The van der Waals surface area contributed by atoms with E-state index < -0.39 is 11.5 Å². The van der Waals surface area contributed by atoms with E-state index in [0.717, 1.165) is 15.8 Å². The Morgan fingerprint density at radius 2 is 2.00 bits per heavy atom. The van der Waals surface area contributed by atoms with E-state index in [2.05, 4.69) is 15.4 Å². The van der Waals surface area contributed by atoms with Gasteiger partial charge in [-0.2, -0.15) is 9.78 Å². The number of hydrogen-bond donors (Lipinski definition) is 2. The van der Waals surface area contributed by atoms with Gasteiger partial charge >= 0.3 is 0 Å². The molecule has 3 rings (SSSR count). The molecule has 0 radical (unpaired) electrons. The van der Waals surface area contributed by atoms with Crippen LogP contribution in [-0.2, 0) is 0 Å². The second-order valence-electron chi connectivity index (χ2n) is 5.72. The summed E-state index contributed by atoms with van der Waals surface area (Å²) in [5.41, 5.74) is 2.22. The molecule has 0 spiro atoms. The first kappa shape index (κ1) is 17.5. The first-order valence-corrected chi connectivity index (χ1v) is 8.11. The van der Waals surface area contributed by atoms with Crippen molar-refractivity contribution in [3.8, 4) is 16.9 Å². The van der Waals surface area contributed by atoms with E-state index >= 15 is 0 Å². The molecule has 1 aromatic carbocycles. The van der Waals surface area contributed by atoms with Crippen molar-refractivity contribution in [2.45, 2.75) is 6.92 Å². The van der Waals surface area contributed by atoms with Gasteiger partial charge in [-0.15, -0.1) is 0 Å². The molecule has 0 fully saturated rings. The topological polar surface area (TPSA) is 97.1 Å². The largest absolute Gasteiger partial charge is 0.395 e. The maximum atomic E-state index is 12.8. The van der Waals surface area contributed by atoms with Crippen LogP contribution in [0.5, 0.6) is 0 Å². The Bertz CT molecular complexity index is 966. The standard InChI is InChI=1S/C19H18N4O3/c1-13-4-6-14(7-5-13)17-11-16(18(25)21-9-10-24)19(26)23(22-17)15-3-2-8-20-12-15/h2-8,11-12,24H,9-10H2,1H3,(H,21,25). The quantitative estimate of drug-likeness (QED) is 0.723. The Kier molecular flexibility index (Phi) is 5.19. The van der Waals surface area contributed by atoms with Crippen LogP contribution in [0, 0.1) is 6.92 Å². The number of hydrogen-bond acceptors (Lipinski definition) is 5. The summed E-state index contributed by atoms with van der Waals surface area (Å²) >= 11 is 0. The highest BCUT2D eigenvalue weighted by Crippen LogP contribution is 2.18. The Balaban J connectivity index is 2.17. The number of aryl methyl sites for hydroxylation is 1. The molecule has 26 heavy (non-hydrogen) atoms. The maximum Gasteiger partial charge on any atom is 0.284 e. The van der Waals surface area contributed by atoms with Crippen LogP contribution in [0.15, 0.2) is 59.7 Å². The Morgan fingerprint density at radius 3 is 2.65 bits per heavy atom. The number of pyridine rings is 1. The molecular formula is C19H18N4O3. The first-order chi connectivity index (χ1) is 12.6. The maximum absolute atomic E-state index is 12.8. The van der Waals surface area contributed by atoms with Crippen molar-refractivity contribution in [2.75, 3.05) is 13.2 Å². The van der Waals surface area contributed by atoms with E-state index in [1.165, 1.54) is 12.3 Å². The molecule has 1 amide bonds.